The van der Waals surface area contributed by atoms with Gasteiger partial charge in [-0.15, -0.1) is 0 Å². The van der Waals surface area contributed by atoms with E-state index in [2.05, 4.69) is 0 Å². The van der Waals surface area contributed by atoms with E-state index in [-0.39, 0.29) is 13.2 Å². The fourth-order valence-corrected chi connectivity index (χ4v) is 1.52. The standard InChI is InChI=1S/C11H21NO5/c1-11(2,3)17-10(15)12-4-5-16-9(6-12)8(14)7-13/h8-9,13-14H,4-7H2,1-3H3/t8-,9-/m0/s1. The number of hydrogen-bond acceptors (Lipinski definition) is 5. The highest BCUT2D eigenvalue weighted by Gasteiger charge is 2.31. The first-order valence-electron chi connectivity index (χ1n) is 5.72. The highest BCUT2D eigenvalue weighted by molar-refractivity contribution is 5.68. The van der Waals surface area contributed by atoms with E-state index < -0.39 is 23.9 Å². The smallest absolute Gasteiger partial charge is 0.410 e. The van der Waals surface area contributed by atoms with Gasteiger partial charge in [-0.05, 0) is 20.8 Å². The summed E-state index contributed by atoms with van der Waals surface area (Å²) in [4.78, 5) is 13.3. The monoisotopic (exact) mass is 247 g/mol. The zero-order valence-electron chi connectivity index (χ0n) is 10.5. The molecule has 0 unspecified atom stereocenters. The van der Waals surface area contributed by atoms with Gasteiger partial charge in [0.25, 0.3) is 0 Å². The SMILES string of the molecule is CC(C)(C)OC(=O)N1CCO[C@H]([C@@H](O)CO)C1. The summed E-state index contributed by atoms with van der Waals surface area (Å²) in [5.41, 5.74) is -0.541. The van der Waals surface area contributed by atoms with Crippen molar-refractivity contribution in [3.63, 3.8) is 0 Å². The minimum absolute atomic E-state index is 0.233. The Bertz CT molecular complexity index is 263. The molecule has 1 saturated heterocycles. The van der Waals surface area contributed by atoms with Crippen molar-refractivity contribution in [2.45, 2.75) is 38.6 Å². The molecule has 100 valence electrons. The molecule has 6 nitrogen and oxygen atoms in total. The second kappa shape index (κ2) is 5.66. The van der Waals surface area contributed by atoms with E-state index in [1.54, 1.807) is 20.8 Å². The quantitative estimate of drug-likeness (QED) is 0.716. The molecule has 0 saturated carbocycles. The summed E-state index contributed by atoms with van der Waals surface area (Å²) in [5, 5.41) is 18.3. The number of carbonyl (C=O) groups is 1. The zero-order valence-corrected chi connectivity index (χ0v) is 10.5. The minimum Gasteiger partial charge on any atom is -0.444 e. The Kier molecular flexibility index (Phi) is 4.73. The van der Waals surface area contributed by atoms with Gasteiger partial charge in [0.05, 0.1) is 19.8 Å². The van der Waals surface area contributed by atoms with Gasteiger partial charge in [-0.1, -0.05) is 0 Å². The summed E-state index contributed by atoms with van der Waals surface area (Å²) in [6, 6.07) is 0. The van der Waals surface area contributed by atoms with Gasteiger partial charge in [-0.3, -0.25) is 0 Å². The van der Waals surface area contributed by atoms with Crippen molar-refractivity contribution < 1.29 is 24.5 Å². The van der Waals surface area contributed by atoms with E-state index in [1.165, 1.54) is 4.90 Å². The summed E-state index contributed by atoms with van der Waals surface area (Å²) in [6.07, 6.45) is -1.95. The molecule has 1 aliphatic heterocycles. The summed E-state index contributed by atoms with van der Waals surface area (Å²) in [6.45, 7) is 6.01. The van der Waals surface area contributed by atoms with Crippen LogP contribution in [0.25, 0.3) is 0 Å². The molecule has 6 heteroatoms. The predicted octanol–water partition coefficient (Wildman–Crippen LogP) is -0.0245. The summed E-state index contributed by atoms with van der Waals surface area (Å²) in [5.74, 6) is 0. The second-order valence-electron chi connectivity index (χ2n) is 5.09. The molecule has 0 aromatic rings. The highest BCUT2D eigenvalue weighted by atomic mass is 16.6. The molecule has 17 heavy (non-hydrogen) atoms. The van der Waals surface area contributed by atoms with Crippen LogP contribution in [0.15, 0.2) is 0 Å². The Labute approximate surface area is 101 Å². The van der Waals surface area contributed by atoms with E-state index >= 15 is 0 Å². The molecule has 1 aliphatic rings. The fraction of sp³-hybridized carbons (Fsp3) is 0.909. The van der Waals surface area contributed by atoms with Crippen molar-refractivity contribution in [1.29, 1.82) is 0 Å². The van der Waals surface area contributed by atoms with Crippen molar-refractivity contribution in [3.8, 4) is 0 Å². The number of rotatable bonds is 2. The Balaban J connectivity index is 2.52. The van der Waals surface area contributed by atoms with Crippen LogP contribution in [-0.2, 0) is 9.47 Å². The maximum atomic E-state index is 11.8. The van der Waals surface area contributed by atoms with Gasteiger partial charge < -0.3 is 24.6 Å². The first-order valence-corrected chi connectivity index (χ1v) is 5.72. The number of aliphatic hydroxyl groups is 2. The lowest BCUT2D eigenvalue weighted by molar-refractivity contribution is -0.101. The van der Waals surface area contributed by atoms with E-state index in [1.807, 2.05) is 0 Å². The zero-order chi connectivity index (χ0) is 13.1. The van der Waals surface area contributed by atoms with Gasteiger partial charge in [-0.25, -0.2) is 4.79 Å². The molecule has 0 aliphatic carbocycles. The predicted molar refractivity (Wildman–Crippen MR) is 60.6 cm³/mol. The number of amides is 1. The van der Waals surface area contributed by atoms with Gasteiger partial charge in [0, 0.05) is 6.54 Å². The highest BCUT2D eigenvalue weighted by Crippen LogP contribution is 2.14. The molecule has 0 radical (unpaired) electrons. The van der Waals surface area contributed by atoms with Crippen LogP contribution in [0.1, 0.15) is 20.8 Å². The molecular weight excluding hydrogens is 226 g/mol. The van der Waals surface area contributed by atoms with Crippen molar-refractivity contribution in [3.05, 3.63) is 0 Å². The lowest BCUT2D eigenvalue weighted by atomic mass is 10.1. The number of hydrogen-bond donors (Lipinski definition) is 2. The first kappa shape index (κ1) is 14.2. The van der Waals surface area contributed by atoms with Crippen LogP contribution in [0, 0.1) is 0 Å². The van der Waals surface area contributed by atoms with Crippen molar-refractivity contribution >= 4 is 6.09 Å². The van der Waals surface area contributed by atoms with E-state index in [0.29, 0.717) is 13.2 Å². The number of carbonyl (C=O) groups excluding carboxylic acids is 1. The van der Waals surface area contributed by atoms with Crippen LogP contribution in [0.2, 0.25) is 0 Å². The summed E-state index contributed by atoms with van der Waals surface area (Å²) < 4.78 is 10.5. The maximum Gasteiger partial charge on any atom is 0.410 e. The molecule has 0 aromatic heterocycles. The topological polar surface area (TPSA) is 79.2 Å². The molecule has 0 spiro atoms. The average Bonchev–Trinajstić information content (AvgIpc) is 2.26. The Morgan fingerprint density at radius 2 is 2.24 bits per heavy atom. The van der Waals surface area contributed by atoms with Gasteiger partial charge in [0.1, 0.15) is 17.8 Å². The first-order chi connectivity index (χ1) is 7.83. The third-order valence-electron chi connectivity index (χ3n) is 2.36. The lowest BCUT2D eigenvalue weighted by Crippen LogP contribution is -2.51. The van der Waals surface area contributed by atoms with E-state index in [0.717, 1.165) is 0 Å². The molecule has 1 heterocycles. The van der Waals surface area contributed by atoms with Crippen LogP contribution >= 0.6 is 0 Å². The number of morpholine rings is 1. The molecule has 1 amide bonds. The molecular formula is C11H21NO5. The normalized spacial score (nSPS) is 23.4. The van der Waals surface area contributed by atoms with Crippen LogP contribution in [-0.4, -0.2) is 65.3 Å². The average molecular weight is 247 g/mol. The third kappa shape index (κ3) is 4.49. The summed E-state index contributed by atoms with van der Waals surface area (Å²) in [7, 11) is 0. The van der Waals surface area contributed by atoms with Crippen molar-refractivity contribution in [2.75, 3.05) is 26.3 Å². The van der Waals surface area contributed by atoms with Crippen LogP contribution in [0.3, 0.4) is 0 Å². The van der Waals surface area contributed by atoms with Crippen LogP contribution in [0.4, 0.5) is 4.79 Å². The molecule has 1 rings (SSSR count). The Hall–Kier alpha value is -0.850. The Morgan fingerprint density at radius 1 is 1.59 bits per heavy atom. The summed E-state index contributed by atoms with van der Waals surface area (Å²) >= 11 is 0. The number of ether oxygens (including phenoxy) is 2. The fourth-order valence-electron chi connectivity index (χ4n) is 1.52. The number of nitrogens with zero attached hydrogens (tertiary/aromatic N) is 1. The van der Waals surface area contributed by atoms with Gasteiger partial charge >= 0.3 is 6.09 Å². The third-order valence-corrected chi connectivity index (χ3v) is 2.36. The van der Waals surface area contributed by atoms with E-state index in [9.17, 15) is 9.90 Å². The van der Waals surface area contributed by atoms with Crippen LogP contribution in [0.5, 0.6) is 0 Å². The minimum atomic E-state index is -0.972. The second-order valence-corrected chi connectivity index (χ2v) is 5.09. The van der Waals surface area contributed by atoms with Gasteiger partial charge in [-0.2, -0.15) is 0 Å². The molecule has 2 N–H and O–H groups in total. The largest absolute Gasteiger partial charge is 0.444 e. The van der Waals surface area contributed by atoms with Gasteiger partial charge in [0.15, 0.2) is 0 Å². The Morgan fingerprint density at radius 3 is 2.76 bits per heavy atom. The van der Waals surface area contributed by atoms with Crippen molar-refractivity contribution in [2.24, 2.45) is 0 Å². The molecule has 2 atom stereocenters. The maximum absolute atomic E-state index is 11.8. The van der Waals surface area contributed by atoms with Crippen LogP contribution < -0.4 is 0 Å². The lowest BCUT2D eigenvalue weighted by Gasteiger charge is -2.35. The van der Waals surface area contributed by atoms with Crippen molar-refractivity contribution in [1.82, 2.24) is 4.90 Å². The number of aliphatic hydroxyl groups excluding tert-OH is 2. The molecule has 0 aromatic carbocycles. The van der Waals surface area contributed by atoms with Gasteiger partial charge in [0.2, 0.25) is 0 Å². The van der Waals surface area contributed by atoms with E-state index in [4.69, 9.17) is 14.6 Å². The molecule has 0 bridgehead atoms. The molecule has 1 fully saturated rings.